The number of H-pyrrole nitrogens is 1. The first-order chi connectivity index (χ1) is 20.4. The summed E-state index contributed by atoms with van der Waals surface area (Å²) in [5.41, 5.74) is 3.03. The number of aliphatic hydroxyl groups is 1. The van der Waals surface area contributed by atoms with Crippen LogP contribution < -0.4 is 14.8 Å². The van der Waals surface area contributed by atoms with Gasteiger partial charge < -0.3 is 34.2 Å². The maximum atomic E-state index is 13.2. The predicted octanol–water partition coefficient (Wildman–Crippen LogP) is 4.79. The van der Waals surface area contributed by atoms with Gasteiger partial charge in [-0.3, -0.25) is 9.69 Å². The third-order valence-corrected chi connectivity index (χ3v) is 9.08. The molecule has 2 aliphatic heterocycles. The smallest absolute Gasteiger partial charge is 0.267 e. The van der Waals surface area contributed by atoms with Crippen LogP contribution >= 0.6 is 0 Å². The molecule has 224 valence electrons. The number of carbonyl (C=O) groups excluding carboxylic acids is 1. The van der Waals surface area contributed by atoms with Crippen molar-refractivity contribution in [3.05, 3.63) is 60.0 Å². The van der Waals surface area contributed by atoms with E-state index in [4.69, 9.17) is 13.9 Å². The Balaban J connectivity index is 1.03. The first kappa shape index (κ1) is 28.6. The van der Waals surface area contributed by atoms with Crippen molar-refractivity contribution in [1.29, 1.82) is 0 Å². The zero-order chi connectivity index (χ0) is 29.2. The van der Waals surface area contributed by atoms with Crippen LogP contribution in [0, 0.1) is 5.92 Å². The van der Waals surface area contributed by atoms with Crippen LogP contribution in [0.1, 0.15) is 49.2 Å². The monoisotopic (exact) mass is 574 g/mol. The lowest BCUT2D eigenvalue weighted by molar-refractivity contribution is 0.0115. The lowest BCUT2D eigenvalue weighted by Gasteiger charge is -2.41. The van der Waals surface area contributed by atoms with E-state index >= 15 is 0 Å². The van der Waals surface area contributed by atoms with Crippen molar-refractivity contribution in [2.24, 2.45) is 5.92 Å². The molecule has 9 nitrogen and oxygen atoms in total. The number of hydrogen-bond acceptors (Lipinski definition) is 7. The fourth-order valence-electron chi connectivity index (χ4n) is 6.47. The van der Waals surface area contributed by atoms with Gasteiger partial charge in [-0.25, -0.2) is 0 Å². The predicted molar refractivity (Wildman–Crippen MR) is 163 cm³/mol. The largest absolute Gasteiger partial charge is 0.493 e. The van der Waals surface area contributed by atoms with Crippen molar-refractivity contribution in [2.45, 2.75) is 57.9 Å². The summed E-state index contributed by atoms with van der Waals surface area (Å²) in [6.07, 6.45) is 4.27. The molecule has 0 unspecified atom stereocenters. The first-order valence-electron chi connectivity index (χ1n) is 15.1. The number of piperidine rings is 2. The molecule has 2 aromatic heterocycles. The number of nitrogens with zero attached hydrogens (tertiary/aromatic N) is 2. The van der Waals surface area contributed by atoms with Crippen molar-refractivity contribution < 1.29 is 23.8 Å². The minimum Gasteiger partial charge on any atom is -0.493 e. The number of furan rings is 1. The second-order valence-electron chi connectivity index (χ2n) is 12.0. The van der Waals surface area contributed by atoms with Gasteiger partial charge in [-0.05, 0) is 56.4 Å². The number of aromatic nitrogens is 1. The van der Waals surface area contributed by atoms with Gasteiger partial charge in [0.2, 0.25) is 0 Å². The van der Waals surface area contributed by atoms with Crippen LogP contribution in [0.4, 0.5) is 0 Å². The number of rotatable bonds is 9. The van der Waals surface area contributed by atoms with E-state index in [2.05, 4.69) is 33.9 Å². The summed E-state index contributed by atoms with van der Waals surface area (Å²) in [4.78, 5) is 21.5. The standard InChI is InChI=1S/C33H42N4O5/c1-21-17-37(15-12-29(21)38)22(2)18-36-13-10-24(11-14-36)34-33(39)28-16-26-27(35-28)7-5-8-30(26)41-19-23-20-42-32-25(23)6-4-9-31(32)40-3/h4-9,16,20-22,24,29,35,38H,10-15,17-19H2,1-3H3,(H,34,39)/t21-,22-,29-/m0/s1. The maximum Gasteiger partial charge on any atom is 0.267 e. The van der Waals surface area contributed by atoms with Gasteiger partial charge in [-0.1, -0.05) is 25.1 Å². The number of benzene rings is 2. The average Bonchev–Trinajstić information content (AvgIpc) is 3.63. The van der Waals surface area contributed by atoms with E-state index in [1.807, 2.05) is 42.5 Å². The molecule has 0 bridgehead atoms. The summed E-state index contributed by atoms with van der Waals surface area (Å²) in [5, 5.41) is 15.1. The molecule has 0 saturated carbocycles. The Bertz CT molecular complexity index is 1520. The number of ether oxygens (including phenoxy) is 2. The molecule has 0 aliphatic carbocycles. The van der Waals surface area contributed by atoms with Crippen molar-refractivity contribution in [3.8, 4) is 11.5 Å². The number of methoxy groups -OCH3 is 1. The first-order valence-corrected chi connectivity index (χ1v) is 15.1. The van der Waals surface area contributed by atoms with E-state index in [1.165, 1.54) is 0 Å². The molecule has 2 saturated heterocycles. The maximum absolute atomic E-state index is 13.2. The number of likely N-dealkylation sites (tertiary alicyclic amines) is 2. The number of carbonyl (C=O) groups is 1. The highest BCUT2D eigenvalue weighted by molar-refractivity contribution is 5.99. The highest BCUT2D eigenvalue weighted by Gasteiger charge is 2.29. The summed E-state index contributed by atoms with van der Waals surface area (Å²) < 4.78 is 17.4. The molecule has 2 fully saturated rings. The van der Waals surface area contributed by atoms with Crippen LogP contribution in [0.15, 0.2) is 53.1 Å². The Morgan fingerprint density at radius 2 is 1.90 bits per heavy atom. The van der Waals surface area contributed by atoms with Crippen LogP contribution in [0.2, 0.25) is 0 Å². The highest BCUT2D eigenvalue weighted by Crippen LogP contribution is 2.32. The van der Waals surface area contributed by atoms with Crippen LogP contribution in [0.3, 0.4) is 0 Å². The average molecular weight is 575 g/mol. The molecular weight excluding hydrogens is 532 g/mol. The van der Waals surface area contributed by atoms with Gasteiger partial charge in [0.15, 0.2) is 11.3 Å². The summed E-state index contributed by atoms with van der Waals surface area (Å²) in [5.74, 6) is 1.64. The molecule has 2 aromatic carbocycles. The van der Waals surface area contributed by atoms with E-state index in [0.29, 0.717) is 41.3 Å². The zero-order valence-electron chi connectivity index (χ0n) is 24.8. The topological polar surface area (TPSA) is 103 Å². The third-order valence-electron chi connectivity index (χ3n) is 9.08. The fraction of sp³-hybridized carbons (Fsp3) is 0.485. The second-order valence-corrected chi connectivity index (χ2v) is 12.0. The lowest BCUT2D eigenvalue weighted by atomic mass is 9.95. The van der Waals surface area contributed by atoms with Crippen LogP contribution in [-0.2, 0) is 6.61 Å². The zero-order valence-corrected chi connectivity index (χ0v) is 24.8. The van der Waals surface area contributed by atoms with Gasteiger partial charge in [0.1, 0.15) is 18.1 Å². The Labute approximate surface area is 246 Å². The summed E-state index contributed by atoms with van der Waals surface area (Å²) in [6, 6.07) is 14.1. The van der Waals surface area contributed by atoms with Crippen molar-refractivity contribution in [2.75, 3.05) is 39.8 Å². The van der Waals surface area contributed by atoms with Crippen molar-refractivity contribution in [1.82, 2.24) is 20.1 Å². The van der Waals surface area contributed by atoms with Gasteiger partial charge >= 0.3 is 0 Å². The minimum absolute atomic E-state index is 0.0854. The van der Waals surface area contributed by atoms with E-state index in [-0.39, 0.29) is 18.1 Å². The number of aromatic amines is 1. The van der Waals surface area contributed by atoms with E-state index < -0.39 is 0 Å². The van der Waals surface area contributed by atoms with E-state index in [9.17, 15) is 9.90 Å². The van der Waals surface area contributed by atoms with Gasteiger partial charge in [-0.2, -0.15) is 0 Å². The van der Waals surface area contributed by atoms with Crippen molar-refractivity contribution >= 4 is 27.8 Å². The number of amides is 1. The van der Waals surface area contributed by atoms with Crippen LogP contribution in [0.25, 0.3) is 21.9 Å². The molecule has 0 radical (unpaired) electrons. The molecule has 9 heteroatoms. The Morgan fingerprint density at radius 1 is 1.12 bits per heavy atom. The number of hydrogen-bond donors (Lipinski definition) is 3. The van der Waals surface area contributed by atoms with Gasteiger partial charge in [0, 0.05) is 66.7 Å². The number of nitrogens with one attached hydrogen (secondary N) is 2. The third kappa shape index (κ3) is 6.00. The molecule has 1 amide bonds. The fourth-order valence-corrected chi connectivity index (χ4v) is 6.47. The van der Waals surface area contributed by atoms with Gasteiger partial charge in [0.05, 0.1) is 19.5 Å². The number of aliphatic hydroxyl groups excluding tert-OH is 1. The van der Waals surface area contributed by atoms with E-state index in [1.54, 1.807) is 13.4 Å². The molecule has 4 aromatic rings. The Hall–Kier alpha value is -3.53. The van der Waals surface area contributed by atoms with Crippen LogP contribution in [0.5, 0.6) is 11.5 Å². The number of fused-ring (bicyclic) bond motifs is 2. The molecule has 0 spiro atoms. The Kier molecular flexibility index (Phi) is 8.42. The molecule has 42 heavy (non-hydrogen) atoms. The number of para-hydroxylation sites is 1. The summed E-state index contributed by atoms with van der Waals surface area (Å²) >= 11 is 0. The summed E-state index contributed by atoms with van der Waals surface area (Å²) in [6.45, 7) is 9.66. The van der Waals surface area contributed by atoms with Crippen LogP contribution in [-0.4, -0.2) is 83.8 Å². The molecular formula is C33H42N4O5. The van der Waals surface area contributed by atoms with Crippen molar-refractivity contribution in [3.63, 3.8) is 0 Å². The molecule has 4 heterocycles. The molecule has 2 aliphatic rings. The molecule has 6 rings (SSSR count). The second kappa shape index (κ2) is 12.4. The lowest BCUT2D eigenvalue weighted by Crippen LogP contribution is -2.52. The quantitative estimate of drug-likeness (QED) is 0.264. The minimum atomic E-state index is -0.169. The normalized spacial score (nSPS) is 21.5. The van der Waals surface area contributed by atoms with Gasteiger partial charge in [-0.15, -0.1) is 0 Å². The van der Waals surface area contributed by atoms with E-state index in [0.717, 1.165) is 73.8 Å². The highest BCUT2D eigenvalue weighted by atomic mass is 16.5. The Morgan fingerprint density at radius 3 is 2.69 bits per heavy atom. The molecule has 3 atom stereocenters. The SMILES string of the molecule is COc1cccc2c(COc3cccc4[nH]c(C(=O)NC5CCN(C[C@H](C)N6CC[C@H](O)[C@@H](C)C6)CC5)cc34)coc12. The van der Waals surface area contributed by atoms with Gasteiger partial charge in [0.25, 0.3) is 5.91 Å². The molecule has 3 N–H and O–H groups in total. The summed E-state index contributed by atoms with van der Waals surface area (Å²) in [7, 11) is 1.63.